The van der Waals surface area contributed by atoms with Crippen LogP contribution in [0.1, 0.15) is 44.5 Å². The molecular formula is C13H19NO4. The highest BCUT2D eigenvalue weighted by Gasteiger charge is 2.24. The minimum atomic E-state index is -0.600. The molecule has 0 aromatic carbocycles. The number of hydrogen-bond acceptors (Lipinski definition) is 4. The number of carbonyl (C=O) groups excluding carboxylic acids is 2. The van der Waals surface area contributed by atoms with Crippen LogP contribution in [0.25, 0.3) is 0 Å². The third-order valence-corrected chi connectivity index (χ3v) is 2.22. The molecule has 100 valence electrons. The van der Waals surface area contributed by atoms with Crippen molar-refractivity contribution in [2.45, 2.75) is 45.8 Å². The van der Waals surface area contributed by atoms with Crippen LogP contribution in [-0.2, 0) is 4.74 Å². The van der Waals surface area contributed by atoms with E-state index in [0.717, 1.165) is 0 Å². The lowest BCUT2D eigenvalue weighted by atomic mass is 10.1. The Morgan fingerprint density at radius 3 is 2.56 bits per heavy atom. The fraction of sp³-hybridized carbons (Fsp3) is 0.538. The molecule has 0 radical (unpaired) electrons. The van der Waals surface area contributed by atoms with E-state index in [0.29, 0.717) is 12.0 Å². The Hall–Kier alpha value is -1.78. The highest BCUT2D eigenvalue weighted by atomic mass is 16.6. The quantitative estimate of drug-likeness (QED) is 0.838. The first-order valence-corrected chi connectivity index (χ1v) is 5.89. The Labute approximate surface area is 106 Å². The number of carbonyl (C=O) groups is 2. The van der Waals surface area contributed by atoms with Gasteiger partial charge >= 0.3 is 6.09 Å². The Kier molecular flexibility index (Phi) is 4.53. The molecule has 1 unspecified atom stereocenters. The van der Waals surface area contributed by atoms with Gasteiger partial charge in [-0.25, -0.2) is 4.79 Å². The van der Waals surface area contributed by atoms with Gasteiger partial charge in [0.15, 0.2) is 5.78 Å². The standard InChI is InChI=1S/C13H19NO4/c1-5-10(11(15)9-6-7-17-8-9)14-12(16)18-13(2,3)4/h6-8,10H,5H2,1-4H3,(H,14,16). The van der Waals surface area contributed by atoms with Gasteiger partial charge in [0.05, 0.1) is 17.9 Å². The maximum absolute atomic E-state index is 12.0. The molecular weight excluding hydrogens is 234 g/mol. The zero-order valence-electron chi connectivity index (χ0n) is 11.1. The zero-order valence-corrected chi connectivity index (χ0v) is 11.1. The lowest BCUT2D eigenvalue weighted by molar-refractivity contribution is 0.0490. The Morgan fingerprint density at radius 2 is 2.11 bits per heavy atom. The summed E-state index contributed by atoms with van der Waals surface area (Å²) in [4.78, 5) is 23.6. The molecule has 0 spiro atoms. The number of hydrogen-bond donors (Lipinski definition) is 1. The smallest absolute Gasteiger partial charge is 0.408 e. The van der Waals surface area contributed by atoms with Crippen LogP contribution in [0, 0.1) is 0 Å². The van der Waals surface area contributed by atoms with Crippen molar-refractivity contribution in [3.8, 4) is 0 Å². The van der Waals surface area contributed by atoms with Gasteiger partial charge in [0.1, 0.15) is 11.9 Å². The molecule has 0 bridgehead atoms. The maximum atomic E-state index is 12.0. The van der Waals surface area contributed by atoms with E-state index in [1.165, 1.54) is 12.5 Å². The van der Waals surface area contributed by atoms with E-state index in [1.54, 1.807) is 26.8 Å². The van der Waals surface area contributed by atoms with Crippen molar-refractivity contribution in [2.75, 3.05) is 0 Å². The largest absolute Gasteiger partial charge is 0.472 e. The van der Waals surface area contributed by atoms with Crippen molar-refractivity contribution in [1.29, 1.82) is 0 Å². The van der Waals surface area contributed by atoms with Crippen molar-refractivity contribution in [3.63, 3.8) is 0 Å². The van der Waals surface area contributed by atoms with Crippen LogP contribution in [0.3, 0.4) is 0 Å². The van der Waals surface area contributed by atoms with Gasteiger partial charge in [-0.1, -0.05) is 6.92 Å². The van der Waals surface area contributed by atoms with Crippen molar-refractivity contribution in [2.24, 2.45) is 0 Å². The molecule has 0 fully saturated rings. The molecule has 1 rings (SSSR count). The molecule has 5 nitrogen and oxygen atoms in total. The average molecular weight is 253 g/mol. The van der Waals surface area contributed by atoms with Crippen LogP contribution in [0.2, 0.25) is 0 Å². The van der Waals surface area contributed by atoms with E-state index in [-0.39, 0.29) is 5.78 Å². The molecule has 1 aromatic rings. The van der Waals surface area contributed by atoms with Crippen LogP contribution >= 0.6 is 0 Å². The molecule has 0 aliphatic heterocycles. The van der Waals surface area contributed by atoms with Gasteiger partial charge in [-0.05, 0) is 33.3 Å². The third-order valence-electron chi connectivity index (χ3n) is 2.22. The molecule has 1 amide bonds. The molecule has 1 heterocycles. The van der Waals surface area contributed by atoms with E-state index < -0.39 is 17.7 Å². The first-order valence-electron chi connectivity index (χ1n) is 5.89. The number of amides is 1. The average Bonchev–Trinajstić information content (AvgIpc) is 2.75. The predicted molar refractivity (Wildman–Crippen MR) is 66.5 cm³/mol. The lowest BCUT2D eigenvalue weighted by Gasteiger charge is -2.22. The zero-order chi connectivity index (χ0) is 13.8. The fourth-order valence-corrected chi connectivity index (χ4v) is 1.41. The SMILES string of the molecule is CCC(NC(=O)OC(C)(C)C)C(=O)c1ccoc1. The molecule has 1 aromatic heterocycles. The summed E-state index contributed by atoms with van der Waals surface area (Å²) in [5.74, 6) is -0.183. The van der Waals surface area contributed by atoms with Crippen LogP contribution in [-0.4, -0.2) is 23.5 Å². The van der Waals surface area contributed by atoms with E-state index in [4.69, 9.17) is 9.15 Å². The summed E-state index contributed by atoms with van der Waals surface area (Å²) in [5.41, 5.74) is -0.140. The van der Waals surface area contributed by atoms with Crippen LogP contribution in [0.15, 0.2) is 23.0 Å². The van der Waals surface area contributed by atoms with Gasteiger partial charge in [-0.2, -0.15) is 0 Å². The summed E-state index contributed by atoms with van der Waals surface area (Å²) in [5, 5.41) is 2.56. The van der Waals surface area contributed by atoms with Crippen molar-refractivity contribution < 1.29 is 18.7 Å². The van der Waals surface area contributed by atoms with Crippen molar-refractivity contribution in [3.05, 3.63) is 24.2 Å². The summed E-state index contributed by atoms with van der Waals surface area (Å²) in [6, 6.07) is 0.972. The molecule has 0 aliphatic carbocycles. The number of nitrogens with one attached hydrogen (secondary N) is 1. The van der Waals surface area contributed by atoms with E-state index >= 15 is 0 Å². The number of rotatable bonds is 4. The number of alkyl carbamates (subject to hydrolysis) is 1. The number of Topliss-reactive ketones (excluding diaryl/α,β-unsaturated/α-hetero) is 1. The first-order chi connectivity index (χ1) is 8.33. The molecule has 0 aliphatic rings. The fourth-order valence-electron chi connectivity index (χ4n) is 1.41. The highest BCUT2D eigenvalue weighted by Crippen LogP contribution is 2.10. The van der Waals surface area contributed by atoms with Gasteiger partial charge < -0.3 is 14.5 Å². The number of ether oxygens (including phenoxy) is 1. The second-order valence-corrected chi connectivity index (χ2v) is 4.98. The van der Waals surface area contributed by atoms with Gasteiger partial charge in [-0.3, -0.25) is 4.79 Å². The summed E-state index contributed by atoms with van der Waals surface area (Å²) in [7, 11) is 0. The van der Waals surface area contributed by atoms with Crippen molar-refractivity contribution in [1.82, 2.24) is 5.32 Å². The van der Waals surface area contributed by atoms with E-state index in [1.807, 2.05) is 6.92 Å². The van der Waals surface area contributed by atoms with E-state index in [2.05, 4.69) is 5.32 Å². The second-order valence-electron chi connectivity index (χ2n) is 4.98. The molecule has 5 heteroatoms. The maximum Gasteiger partial charge on any atom is 0.408 e. The Morgan fingerprint density at radius 1 is 1.44 bits per heavy atom. The summed E-state index contributed by atoms with van der Waals surface area (Å²) >= 11 is 0. The topological polar surface area (TPSA) is 68.5 Å². The molecule has 0 saturated heterocycles. The number of furan rings is 1. The van der Waals surface area contributed by atoms with Gasteiger partial charge in [-0.15, -0.1) is 0 Å². The van der Waals surface area contributed by atoms with Crippen LogP contribution in [0.5, 0.6) is 0 Å². The molecule has 1 atom stereocenters. The second kappa shape index (κ2) is 5.71. The minimum absolute atomic E-state index is 0.183. The highest BCUT2D eigenvalue weighted by molar-refractivity contribution is 6.01. The first kappa shape index (κ1) is 14.3. The van der Waals surface area contributed by atoms with Gasteiger partial charge in [0.2, 0.25) is 0 Å². The Balaban J connectivity index is 2.63. The van der Waals surface area contributed by atoms with Gasteiger partial charge in [0, 0.05) is 0 Å². The van der Waals surface area contributed by atoms with Gasteiger partial charge in [0.25, 0.3) is 0 Å². The van der Waals surface area contributed by atoms with Crippen LogP contribution < -0.4 is 5.32 Å². The lowest BCUT2D eigenvalue weighted by Crippen LogP contribution is -2.43. The van der Waals surface area contributed by atoms with Crippen LogP contribution in [0.4, 0.5) is 4.79 Å². The monoisotopic (exact) mass is 253 g/mol. The van der Waals surface area contributed by atoms with Crippen molar-refractivity contribution >= 4 is 11.9 Å². The summed E-state index contributed by atoms with van der Waals surface area (Å²) in [6.45, 7) is 7.13. The third kappa shape index (κ3) is 4.24. The molecule has 18 heavy (non-hydrogen) atoms. The molecule has 0 saturated carbocycles. The Bertz CT molecular complexity index is 403. The summed E-state index contributed by atoms with van der Waals surface area (Å²) in [6.07, 6.45) is 2.68. The van der Waals surface area contributed by atoms with E-state index in [9.17, 15) is 9.59 Å². The normalized spacial score (nSPS) is 12.9. The predicted octanol–water partition coefficient (Wildman–Crippen LogP) is 2.77. The number of ketones is 1. The summed E-state index contributed by atoms with van der Waals surface area (Å²) < 4.78 is 9.96. The molecule has 1 N–H and O–H groups in total. The minimum Gasteiger partial charge on any atom is -0.472 e.